The monoisotopic (exact) mass is 425 g/mol. The molecule has 1 N–H and O–H groups in total. The fourth-order valence-electron chi connectivity index (χ4n) is 4.55. The first-order valence-electron chi connectivity index (χ1n) is 10.9. The number of nitrogens with one attached hydrogen (secondary N) is 1. The number of benzene rings is 1. The molecule has 2 aliphatic rings. The average Bonchev–Trinajstić information content (AvgIpc) is 3.34. The Hall–Kier alpha value is -3.23. The highest BCUT2D eigenvalue weighted by atomic mass is 16.6. The zero-order valence-corrected chi connectivity index (χ0v) is 17.4. The molecule has 2 aromatic rings. The summed E-state index contributed by atoms with van der Waals surface area (Å²) in [5, 5.41) is 14.5. The average molecular weight is 425 g/mol. The molecule has 2 fully saturated rings. The predicted molar refractivity (Wildman–Crippen MR) is 114 cm³/mol. The predicted octanol–water partition coefficient (Wildman–Crippen LogP) is 3.08. The minimum atomic E-state index is -0.499. The first kappa shape index (κ1) is 21.0. The molecule has 1 saturated heterocycles. The van der Waals surface area contributed by atoms with Gasteiger partial charge in [0.05, 0.1) is 11.3 Å². The third-order valence-electron chi connectivity index (χ3n) is 6.31. The van der Waals surface area contributed by atoms with Crippen molar-refractivity contribution in [3.05, 3.63) is 52.6 Å². The second kappa shape index (κ2) is 9.28. The third-order valence-corrected chi connectivity index (χ3v) is 6.31. The van der Waals surface area contributed by atoms with Crippen molar-refractivity contribution < 1.29 is 14.5 Å². The summed E-state index contributed by atoms with van der Waals surface area (Å²) in [4.78, 5) is 42.3. The van der Waals surface area contributed by atoms with E-state index >= 15 is 0 Å². The molecular formula is C22H27N5O4. The summed E-state index contributed by atoms with van der Waals surface area (Å²) in [6.07, 6.45) is 11.5. The van der Waals surface area contributed by atoms with E-state index in [1.807, 2.05) is 4.90 Å². The van der Waals surface area contributed by atoms with E-state index in [2.05, 4.69) is 10.3 Å². The molecule has 0 atom stereocenters. The van der Waals surface area contributed by atoms with Crippen LogP contribution in [0.4, 0.5) is 5.69 Å². The Morgan fingerprint density at radius 2 is 1.84 bits per heavy atom. The van der Waals surface area contributed by atoms with Crippen molar-refractivity contribution in [3.8, 4) is 5.69 Å². The summed E-state index contributed by atoms with van der Waals surface area (Å²) in [6, 6.07) is 4.39. The smallest absolute Gasteiger partial charge is 0.294 e. The Balaban J connectivity index is 1.36. The number of rotatable bonds is 5. The van der Waals surface area contributed by atoms with Gasteiger partial charge in [-0.25, -0.2) is 4.98 Å². The number of hydrogen-bond acceptors (Lipinski definition) is 5. The van der Waals surface area contributed by atoms with E-state index < -0.39 is 4.92 Å². The Morgan fingerprint density at radius 1 is 1.10 bits per heavy atom. The molecule has 0 radical (unpaired) electrons. The lowest BCUT2D eigenvalue weighted by Gasteiger charge is -2.35. The summed E-state index contributed by atoms with van der Waals surface area (Å²) < 4.78 is 1.54. The van der Waals surface area contributed by atoms with E-state index in [-0.39, 0.29) is 35.0 Å². The van der Waals surface area contributed by atoms with Crippen LogP contribution in [-0.4, -0.2) is 50.3 Å². The highest BCUT2D eigenvalue weighted by molar-refractivity contribution is 5.95. The van der Waals surface area contributed by atoms with Gasteiger partial charge in [-0.05, 0) is 37.8 Å². The molecule has 1 aromatic heterocycles. The quantitative estimate of drug-likeness (QED) is 0.585. The minimum Gasteiger partial charge on any atom is -0.349 e. The molecule has 1 aliphatic carbocycles. The molecule has 31 heavy (non-hydrogen) atoms. The number of carbonyl (C=O) groups excluding carboxylic acids is 2. The van der Waals surface area contributed by atoms with Crippen molar-refractivity contribution in [2.45, 2.75) is 51.0 Å². The number of amides is 2. The fourth-order valence-corrected chi connectivity index (χ4v) is 4.55. The first-order valence-corrected chi connectivity index (χ1v) is 10.9. The van der Waals surface area contributed by atoms with Gasteiger partial charge in [-0.2, -0.15) is 0 Å². The van der Waals surface area contributed by atoms with Gasteiger partial charge in [-0.3, -0.25) is 19.7 Å². The molecule has 9 heteroatoms. The molecule has 4 rings (SSSR count). The van der Waals surface area contributed by atoms with E-state index in [0.29, 0.717) is 31.6 Å². The molecule has 2 heterocycles. The van der Waals surface area contributed by atoms with Crippen molar-refractivity contribution in [1.29, 1.82) is 0 Å². The molecule has 164 valence electrons. The lowest BCUT2D eigenvalue weighted by atomic mass is 9.87. The van der Waals surface area contributed by atoms with Crippen LogP contribution in [0.1, 0.15) is 55.3 Å². The number of likely N-dealkylation sites (tertiary alicyclic amines) is 1. The Labute approximate surface area is 180 Å². The summed E-state index contributed by atoms with van der Waals surface area (Å²) in [5.74, 6) is 0.0852. The van der Waals surface area contributed by atoms with Crippen LogP contribution >= 0.6 is 0 Å². The summed E-state index contributed by atoms with van der Waals surface area (Å²) in [6.45, 7) is 1.28. The van der Waals surface area contributed by atoms with Crippen LogP contribution in [0.3, 0.4) is 0 Å². The van der Waals surface area contributed by atoms with Crippen LogP contribution in [0, 0.1) is 16.0 Å². The van der Waals surface area contributed by atoms with Gasteiger partial charge in [0.1, 0.15) is 5.69 Å². The van der Waals surface area contributed by atoms with Crippen LogP contribution in [0.5, 0.6) is 0 Å². The Bertz CT molecular complexity index is 945. The van der Waals surface area contributed by atoms with Crippen LogP contribution in [-0.2, 0) is 4.79 Å². The molecular weight excluding hydrogens is 398 g/mol. The maximum atomic E-state index is 12.7. The van der Waals surface area contributed by atoms with Gasteiger partial charge in [0.25, 0.3) is 11.6 Å². The molecule has 1 saturated carbocycles. The van der Waals surface area contributed by atoms with E-state index in [9.17, 15) is 19.7 Å². The number of carbonyl (C=O) groups is 2. The zero-order chi connectivity index (χ0) is 21.8. The molecule has 1 aromatic carbocycles. The first-order chi connectivity index (χ1) is 15.0. The van der Waals surface area contributed by atoms with Crippen LogP contribution in [0.2, 0.25) is 0 Å². The number of nitro groups is 1. The van der Waals surface area contributed by atoms with Gasteiger partial charge < -0.3 is 14.8 Å². The topological polar surface area (TPSA) is 110 Å². The van der Waals surface area contributed by atoms with Gasteiger partial charge in [0.15, 0.2) is 0 Å². The lowest BCUT2D eigenvalue weighted by molar-refractivity contribution is -0.384. The van der Waals surface area contributed by atoms with Crippen molar-refractivity contribution in [2.75, 3.05) is 13.1 Å². The molecule has 0 unspecified atom stereocenters. The summed E-state index contributed by atoms with van der Waals surface area (Å²) >= 11 is 0. The van der Waals surface area contributed by atoms with Gasteiger partial charge in [-0.1, -0.05) is 19.3 Å². The summed E-state index contributed by atoms with van der Waals surface area (Å²) in [7, 11) is 0. The standard InChI is InChI=1S/C22H27N5O4/c28-21(17-6-7-19(20(14-17)27(30)31)26-13-10-23-15-26)24-18-8-11-25(12-9-18)22(29)16-4-2-1-3-5-16/h6-7,10,13-16,18H,1-5,8-9,11-12H2,(H,24,28). The molecule has 1 aliphatic heterocycles. The van der Waals surface area contributed by atoms with Gasteiger partial charge in [-0.15, -0.1) is 0 Å². The van der Waals surface area contributed by atoms with E-state index in [4.69, 9.17) is 0 Å². The maximum absolute atomic E-state index is 12.7. The normalized spacial score (nSPS) is 18.0. The van der Waals surface area contributed by atoms with Crippen molar-refractivity contribution in [1.82, 2.24) is 19.8 Å². The van der Waals surface area contributed by atoms with Crippen molar-refractivity contribution in [2.24, 2.45) is 5.92 Å². The number of hydrogen-bond donors (Lipinski definition) is 1. The van der Waals surface area contributed by atoms with Crippen LogP contribution in [0.15, 0.2) is 36.9 Å². The largest absolute Gasteiger partial charge is 0.349 e. The number of aromatic nitrogens is 2. The van der Waals surface area contributed by atoms with Gasteiger partial charge in [0.2, 0.25) is 5.91 Å². The summed E-state index contributed by atoms with van der Waals surface area (Å²) in [5.41, 5.74) is 0.448. The highest BCUT2D eigenvalue weighted by Gasteiger charge is 2.30. The van der Waals surface area contributed by atoms with E-state index in [1.165, 1.54) is 25.0 Å². The minimum absolute atomic E-state index is 0.0460. The number of nitro benzene ring substituents is 1. The Morgan fingerprint density at radius 3 is 2.48 bits per heavy atom. The number of piperidine rings is 1. The molecule has 0 bridgehead atoms. The second-order valence-electron chi connectivity index (χ2n) is 8.34. The highest BCUT2D eigenvalue weighted by Crippen LogP contribution is 2.27. The second-order valence-corrected chi connectivity index (χ2v) is 8.34. The lowest BCUT2D eigenvalue weighted by Crippen LogP contribution is -2.48. The van der Waals surface area contributed by atoms with Crippen molar-refractivity contribution in [3.63, 3.8) is 0 Å². The third kappa shape index (κ3) is 4.76. The zero-order valence-electron chi connectivity index (χ0n) is 17.4. The van der Waals surface area contributed by atoms with Crippen LogP contribution in [0.25, 0.3) is 5.69 Å². The number of nitrogens with zero attached hydrogens (tertiary/aromatic N) is 4. The SMILES string of the molecule is O=C(NC1CCN(C(=O)C2CCCCC2)CC1)c1ccc(-n2ccnc2)c([N+](=O)[O-])c1. The van der Waals surface area contributed by atoms with Gasteiger partial charge in [0, 0.05) is 49.1 Å². The van der Waals surface area contributed by atoms with E-state index in [0.717, 1.165) is 25.7 Å². The number of imidazole rings is 1. The fraction of sp³-hybridized carbons (Fsp3) is 0.500. The van der Waals surface area contributed by atoms with Crippen LogP contribution < -0.4 is 5.32 Å². The maximum Gasteiger partial charge on any atom is 0.294 e. The molecule has 9 nitrogen and oxygen atoms in total. The van der Waals surface area contributed by atoms with Gasteiger partial charge >= 0.3 is 0 Å². The molecule has 2 amide bonds. The van der Waals surface area contributed by atoms with E-state index in [1.54, 1.807) is 22.9 Å². The molecule has 0 spiro atoms. The Kier molecular flexibility index (Phi) is 6.29. The van der Waals surface area contributed by atoms with Crippen molar-refractivity contribution >= 4 is 17.5 Å².